The Balaban J connectivity index is 1.57. The Morgan fingerprint density at radius 3 is 2.54 bits per heavy atom. The van der Waals surface area contributed by atoms with Crippen LogP contribution >= 0.6 is 0 Å². The molecule has 4 nitrogen and oxygen atoms in total. The van der Waals surface area contributed by atoms with Crippen LogP contribution in [0.2, 0.25) is 0 Å². The summed E-state index contributed by atoms with van der Waals surface area (Å²) in [6, 6.07) is 18.4. The van der Waals surface area contributed by atoms with E-state index in [1.165, 1.54) is 24.0 Å². The Kier molecular flexibility index (Phi) is 5.20. The van der Waals surface area contributed by atoms with Gasteiger partial charge in [-0.3, -0.25) is 0 Å². The molecular weight excluding hydrogens is 348 g/mol. The van der Waals surface area contributed by atoms with Crippen molar-refractivity contribution in [3.05, 3.63) is 71.4 Å². The van der Waals surface area contributed by atoms with Crippen molar-refractivity contribution >= 4 is 5.69 Å². The van der Waals surface area contributed by atoms with Gasteiger partial charge in [0.25, 0.3) is 0 Å². The third-order valence-corrected chi connectivity index (χ3v) is 5.32. The van der Waals surface area contributed by atoms with E-state index in [1.807, 2.05) is 38.2 Å². The highest BCUT2D eigenvalue weighted by Gasteiger charge is 2.27. The summed E-state index contributed by atoms with van der Waals surface area (Å²) >= 11 is 0. The first-order chi connectivity index (χ1) is 13.7. The van der Waals surface area contributed by atoms with E-state index in [0.717, 1.165) is 28.3 Å². The van der Waals surface area contributed by atoms with Gasteiger partial charge in [0.15, 0.2) is 0 Å². The zero-order chi connectivity index (χ0) is 19.5. The number of methoxy groups -OCH3 is 1. The molecule has 144 valence electrons. The van der Waals surface area contributed by atoms with Gasteiger partial charge in [0.2, 0.25) is 5.88 Å². The van der Waals surface area contributed by atoms with E-state index in [0.29, 0.717) is 18.4 Å². The second-order valence-electron chi connectivity index (χ2n) is 7.17. The molecule has 0 bridgehead atoms. The highest BCUT2D eigenvalue weighted by atomic mass is 16.5. The molecule has 2 aromatic carbocycles. The van der Waals surface area contributed by atoms with Gasteiger partial charge in [0.1, 0.15) is 12.4 Å². The van der Waals surface area contributed by atoms with E-state index >= 15 is 0 Å². The summed E-state index contributed by atoms with van der Waals surface area (Å²) < 4.78 is 11.6. The van der Waals surface area contributed by atoms with Crippen molar-refractivity contribution in [2.45, 2.75) is 32.3 Å². The number of benzene rings is 2. The van der Waals surface area contributed by atoms with E-state index in [4.69, 9.17) is 9.47 Å². The smallest absolute Gasteiger partial charge is 0.213 e. The van der Waals surface area contributed by atoms with Crippen LogP contribution in [0.5, 0.6) is 11.6 Å². The van der Waals surface area contributed by atoms with Crippen molar-refractivity contribution in [3.63, 3.8) is 0 Å². The number of aryl methyl sites for hydroxylation is 1. The molecule has 0 aliphatic heterocycles. The molecule has 0 atom stereocenters. The van der Waals surface area contributed by atoms with Gasteiger partial charge < -0.3 is 14.8 Å². The molecular formula is C24H26N2O2. The van der Waals surface area contributed by atoms with E-state index in [9.17, 15) is 0 Å². The normalized spacial score (nSPS) is 13.2. The zero-order valence-corrected chi connectivity index (χ0v) is 16.7. The van der Waals surface area contributed by atoms with Crippen molar-refractivity contribution in [2.24, 2.45) is 0 Å². The SMILES string of the molecule is CNc1cccc(C2CC2)c1COc1ccc(-c2ccccc2OC)c(C)n1. The van der Waals surface area contributed by atoms with Gasteiger partial charge in [0.05, 0.1) is 7.11 Å². The third-order valence-electron chi connectivity index (χ3n) is 5.32. The van der Waals surface area contributed by atoms with Crippen LogP contribution in [0.25, 0.3) is 11.1 Å². The van der Waals surface area contributed by atoms with Crippen LogP contribution in [0.4, 0.5) is 5.69 Å². The fourth-order valence-corrected chi connectivity index (χ4v) is 3.69. The van der Waals surface area contributed by atoms with Gasteiger partial charge in [-0.05, 0) is 49.4 Å². The minimum Gasteiger partial charge on any atom is -0.496 e. The second-order valence-corrected chi connectivity index (χ2v) is 7.17. The molecule has 1 N–H and O–H groups in total. The van der Waals surface area contributed by atoms with Crippen LogP contribution in [0.3, 0.4) is 0 Å². The van der Waals surface area contributed by atoms with Crippen molar-refractivity contribution < 1.29 is 9.47 Å². The molecule has 1 fully saturated rings. The number of ether oxygens (including phenoxy) is 2. The lowest BCUT2D eigenvalue weighted by Crippen LogP contribution is -2.05. The minimum atomic E-state index is 0.517. The Morgan fingerprint density at radius 2 is 1.82 bits per heavy atom. The predicted molar refractivity (Wildman–Crippen MR) is 113 cm³/mol. The number of hydrogen-bond donors (Lipinski definition) is 1. The van der Waals surface area contributed by atoms with Crippen LogP contribution in [0.1, 0.15) is 35.6 Å². The number of para-hydroxylation sites is 1. The first-order valence-corrected chi connectivity index (χ1v) is 9.74. The number of rotatable bonds is 7. The van der Waals surface area contributed by atoms with Gasteiger partial charge in [-0.25, -0.2) is 4.98 Å². The lowest BCUT2D eigenvalue weighted by atomic mass is 10.0. The molecule has 1 aliphatic rings. The lowest BCUT2D eigenvalue weighted by Gasteiger charge is -2.16. The number of nitrogens with one attached hydrogen (secondary N) is 1. The van der Waals surface area contributed by atoms with Gasteiger partial charge in [0, 0.05) is 41.2 Å². The highest BCUT2D eigenvalue weighted by molar-refractivity contribution is 5.72. The Bertz CT molecular complexity index is 980. The average molecular weight is 374 g/mol. The summed E-state index contributed by atoms with van der Waals surface area (Å²) in [5.74, 6) is 2.16. The Labute approximate surface area is 166 Å². The summed E-state index contributed by atoms with van der Waals surface area (Å²) in [6.07, 6.45) is 2.54. The fraction of sp³-hybridized carbons (Fsp3) is 0.292. The van der Waals surface area contributed by atoms with E-state index in [-0.39, 0.29) is 0 Å². The summed E-state index contributed by atoms with van der Waals surface area (Å²) in [5.41, 5.74) is 6.78. The number of nitrogens with zero attached hydrogens (tertiary/aromatic N) is 1. The molecule has 1 saturated carbocycles. The number of anilines is 1. The number of aromatic nitrogens is 1. The summed E-state index contributed by atoms with van der Waals surface area (Å²) in [4.78, 5) is 4.69. The van der Waals surface area contributed by atoms with E-state index in [1.54, 1.807) is 7.11 Å². The predicted octanol–water partition coefficient (Wildman–Crippen LogP) is 5.56. The first kappa shape index (κ1) is 18.4. The molecule has 0 saturated heterocycles. The lowest BCUT2D eigenvalue weighted by molar-refractivity contribution is 0.293. The Hall–Kier alpha value is -3.01. The fourth-order valence-electron chi connectivity index (χ4n) is 3.69. The number of pyridine rings is 1. The molecule has 28 heavy (non-hydrogen) atoms. The van der Waals surface area contributed by atoms with Crippen molar-refractivity contribution in [3.8, 4) is 22.8 Å². The van der Waals surface area contributed by atoms with Crippen LogP contribution in [-0.2, 0) is 6.61 Å². The molecule has 1 aliphatic carbocycles. The standard InChI is InChI=1S/C24H26N2O2/c1-16-18(20-7-4-5-10-23(20)27-3)13-14-24(26-16)28-15-21-19(17-11-12-17)8-6-9-22(21)25-2/h4-10,13-14,17,25H,11-12,15H2,1-3H3. The topological polar surface area (TPSA) is 43.4 Å². The summed E-state index contributed by atoms with van der Waals surface area (Å²) in [6.45, 7) is 2.52. The molecule has 0 spiro atoms. The molecule has 4 heteroatoms. The van der Waals surface area contributed by atoms with Gasteiger partial charge in [-0.2, -0.15) is 0 Å². The molecule has 4 rings (SSSR count). The van der Waals surface area contributed by atoms with Crippen molar-refractivity contribution in [1.82, 2.24) is 4.98 Å². The maximum atomic E-state index is 6.10. The first-order valence-electron chi connectivity index (χ1n) is 9.74. The Morgan fingerprint density at radius 1 is 1.00 bits per heavy atom. The maximum absolute atomic E-state index is 6.10. The molecule has 3 aromatic rings. The average Bonchev–Trinajstić information content (AvgIpc) is 3.57. The number of hydrogen-bond acceptors (Lipinski definition) is 4. The van der Waals surface area contributed by atoms with Crippen LogP contribution in [-0.4, -0.2) is 19.1 Å². The van der Waals surface area contributed by atoms with Crippen molar-refractivity contribution in [2.75, 3.05) is 19.5 Å². The molecule has 1 heterocycles. The summed E-state index contributed by atoms with van der Waals surface area (Å²) in [5, 5.41) is 3.30. The summed E-state index contributed by atoms with van der Waals surface area (Å²) in [7, 11) is 3.65. The molecule has 0 radical (unpaired) electrons. The maximum Gasteiger partial charge on any atom is 0.213 e. The van der Waals surface area contributed by atoms with Gasteiger partial charge >= 0.3 is 0 Å². The minimum absolute atomic E-state index is 0.517. The van der Waals surface area contributed by atoms with Gasteiger partial charge in [-0.1, -0.05) is 30.3 Å². The van der Waals surface area contributed by atoms with Gasteiger partial charge in [-0.15, -0.1) is 0 Å². The monoisotopic (exact) mass is 374 g/mol. The molecule has 0 amide bonds. The zero-order valence-electron chi connectivity index (χ0n) is 16.7. The van der Waals surface area contributed by atoms with Crippen LogP contribution in [0.15, 0.2) is 54.6 Å². The van der Waals surface area contributed by atoms with E-state index in [2.05, 4.69) is 40.6 Å². The van der Waals surface area contributed by atoms with Crippen LogP contribution < -0.4 is 14.8 Å². The third kappa shape index (κ3) is 3.68. The second kappa shape index (κ2) is 7.93. The highest BCUT2D eigenvalue weighted by Crippen LogP contribution is 2.43. The molecule has 1 aromatic heterocycles. The van der Waals surface area contributed by atoms with E-state index < -0.39 is 0 Å². The largest absolute Gasteiger partial charge is 0.496 e. The van der Waals surface area contributed by atoms with Crippen LogP contribution in [0, 0.1) is 6.92 Å². The van der Waals surface area contributed by atoms with Crippen molar-refractivity contribution in [1.29, 1.82) is 0 Å². The molecule has 0 unspecified atom stereocenters. The quantitative estimate of drug-likeness (QED) is 0.588.